The van der Waals surface area contributed by atoms with Crippen LogP contribution in [0, 0.1) is 11.8 Å². The summed E-state index contributed by atoms with van der Waals surface area (Å²) in [7, 11) is 1.53. The Morgan fingerprint density at radius 3 is 2.68 bits per heavy atom. The van der Waals surface area contributed by atoms with Crippen molar-refractivity contribution in [3.63, 3.8) is 0 Å². The number of β-lactam (4-membered cyclic amide) rings is 1. The predicted octanol–water partition coefficient (Wildman–Crippen LogP) is 0.477. The SMILES string of the molecule is COCSC1=C(C(=O)O)N2C(=O)[C@H]([C@@H](C)O)[C@H]2[C@H]1C. The zero-order valence-electron chi connectivity index (χ0n) is 11.0. The van der Waals surface area contributed by atoms with Crippen LogP contribution in [-0.4, -0.2) is 52.2 Å². The lowest BCUT2D eigenvalue weighted by Crippen LogP contribution is -2.63. The van der Waals surface area contributed by atoms with Crippen LogP contribution >= 0.6 is 11.8 Å². The maximum absolute atomic E-state index is 12.0. The van der Waals surface area contributed by atoms with Gasteiger partial charge < -0.3 is 19.8 Å². The number of methoxy groups -OCH3 is 1. The number of carbonyl (C=O) groups excluding carboxylic acids is 1. The van der Waals surface area contributed by atoms with Crippen LogP contribution in [0.4, 0.5) is 0 Å². The topological polar surface area (TPSA) is 87.1 Å². The van der Waals surface area contributed by atoms with E-state index in [9.17, 15) is 19.8 Å². The number of rotatable bonds is 5. The van der Waals surface area contributed by atoms with Crippen molar-refractivity contribution < 1.29 is 24.5 Å². The van der Waals surface area contributed by atoms with Crippen molar-refractivity contribution in [3.8, 4) is 0 Å². The van der Waals surface area contributed by atoms with Gasteiger partial charge in [0, 0.05) is 17.9 Å². The van der Waals surface area contributed by atoms with Crippen LogP contribution in [-0.2, 0) is 14.3 Å². The van der Waals surface area contributed by atoms with Gasteiger partial charge in [-0.2, -0.15) is 0 Å². The summed E-state index contributed by atoms with van der Waals surface area (Å²) in [6.45, 7) is 3.45. The minimum absolute atomic E-state index is 0.0430. The lowest BCUT2D eigenvalue weighted by atomic mass is 9.79. The summed E-state index contributed by atoms with van der Waals surface area (Å²) in [5, 5.41) is 18.9. The van der Waals surface area contributed by atoms with E-state index in [4.69, 9.17) is 4.74 Å². The van der Waals surface area contributed by atoms with Gasteiger partial charge in [-0.3, -0.25) is 4.79 Å². The monoisotopic (exact) mass is 287 g/mol. The number of carboxylic acids is 1. The van der Waals surface area contributed by atoms with E-state index in [0.29, 0.717) is 10.8 Å². The average molecular weight is 287 g/mol. The quantitative estimate of drug-likeness (QED) is 0.565. The van der Waals surface area contributed by atoms with Crippen molar-refractivity contribution in [3.05, 3.63) is 10.6 Å². The lowest BCUT2D eigenvalue weighted by molar-refractivity contribution is -0.163. The maximum atomic E-state index is 12.0. The molecule has 19 heavy (non-hydrogen) atoms. The zero-order valence-corrected chi connectivity index (χ0v) is 11.8. The lowest BCUT2D eigenvalue weighted by Gasteiger charge is -2.46. The highest BCUT2D eigenvalue weighted by molar-refractivity contribution is 8.03. The number of aliphatic hydroxyl groups is 1. The van der Waals surface area contributed by atoms with Crippen LogP contribution < -0.4 is 0 Å². The predicted molar refractivity (Wildman–Crippen MR) is 69.1 cm³/mol. The first-order chi connectivity index (χ1) is 8.91. The van der Waals surface area contributed by atoms with E-state index in [1.807, 2.05) is 6.92 Å². The molecule has 2 rings (SSSR count). The van der Waals surface area contributed by atoms with Crippen molar-refractivity contribution in [2.45, 2.75) is 26.0 Å². The Labute approximate surface area is 115 Å². The molecule has 1 fully saturated rings. The molecule has 2 aliphatic heterocycles. The Morgan fingerprint density at radius 2 is 2.21 bits per heavy atom. The fraction of sp³-hybridized carbons (Fsp3) is 0.667. The molecule has 0 saturated carbocycles. The van der Waals surface area contributed by atoms with Gasteiger partial charge in [-0.15, -0.1) is 0 Å². The highest BCUT2D eigenvalue weighted by Gasteiger charge is 2.59. The molecule has 1 saturated heterocycles. The highest BCUT2D eigenvalue weighted by Crippen LogP contribution is 2.50. The summed E-state index contributed by atoms with van der Waals surface area (Å²) in [4.78, 5) is 25.3. The van der Waals surface area contributed by atoms with Gasteiger partial charge in [-0.1, -0.05) is 18.7 Å². The summed E-state index contributed by atoms with van der Waals surface area (Å²) in [6.07, 6.45) is -0.766. The van der Waals surface area contributed by atoms with Crippen LogP contribution in [0.15, 0.2) is 10.6 Å². The number of amides is 1. The van der Waals surface area contributed by atoms with E-state index in [1.54, 1.807) is 6.92 Å². The van der Waals surface area contributed by atoms with Gasteiger partial charge in [0.2, 0.25) is 5.91 Å². The van der Waals surface area contributed by atoms with Gasteiger partial charge in [0.1, 0.15) is 5.70 Å². The summed E-state index contributed by atoms with van der Waals surface area (Å²) in [6, 6.07) is -0.252. The van der Waals surface area contributed by atoms with Crippen LogP contribution in [0.1, 0.15) is 13.8 Å². The van der Waals surface area contributed by atoms with Gasteiger partial charge in [0.05, 0.1) is 24.0 Å². The molecule has 0 radical (unpaired) electrons. The molecule has 7 heteroatoms. The molecule has 0 unspecified atom stereocenters. The Bertz CT molecular complexity index is 447. The van der Waals surface area contributed by atoms with Gasteiger partial charge in [0.25, 0.3) is 0 Å². The first-order valence-electron chi connectivity index (χ1n) is 6.02. The largest absolute Gasteiger partial charge is 0.477 e. The zero-order chi connectivity index (χ0) is 14.3. The number of ether oxygens (including phenoxy) is 1. The molecule has 2 heterocycles. The first kappa shape index (κ1) is 14.4. The molecule has 2 N–H and O–H groups in total. The minimum Gasteiger partial charge on any atom is -0.477 e. The maximum Gasteiger partial charge on any atom is 0.353 e. The molecular weight excluding hydrogens is 270 g/mol. The Balaban J connectivity index is 2.32. The second-order valence-electron chi connectivity index (χ2n) is 4.82. The molecular formula is C12H17NO5S. The highest BCUT2D eigenvalue weighted by atomic mass is 32.2. The Kier molecular flexibility index (Phi) is 3.89. The second kappa shape index (κ2) is 5.15. The molecule has 106 valence electrons. The third-order valence-electron chi connectivity index (χ3n) is 3.64. The van der Waals surface area contributed by atoms with Crippen LogP contribution in [0.25, 0.3) is 0 Å². The number of hydrogen-bond donors (Lipinski definition) is 2. The summed E-state index contributed by atoms with van der Waals surface area (Å²) in [5.74, 6) is -1.68. The number of aliphatic carboxylic acids is 1. The van der Waals surface area contributed by atoms with Crippen molar-refractivity contribution >= 4 is 23.6 Å². The summed E-state index contributed by atoms with van der Waals surface area (Å²) >= 11 is 1.29. The smallest absolute Gasteiger partial charge is 0.353 e. The third-order valence-corrected chi connectivity index (χ3v) is 4.87. The molecule has 0 aliphatic carbocycles. The Hall–Kier alpha value is -1.05. The molecule has 1 amide bonds. The second-order valence-corrected chi connectivity index (χ2v) is 5.79. The van der Waals surface area contributed by atoms with Crippen LogP contribution in [0.3, 0.4) is 0 Å². The number of nitrogens with zero attached hydrogens (tertiary/aromatic N) is 1. The standard InChI is InChI=1S/C12H17NO5S/c1-5-8-7(6(2)14)11(15)13(8)9(12(16)17)10(5)19-4-18-3/h5-8,14H,4H2,1-3H3,(H,16,17)/t5-,6-,7-,8-/m1/s1. The van der Waals surface area contributed by atoms with Crippen molar-refractivity contribution in [1.82, 2.24) is 4.90 Å². The van der Waals surface area contributed by atoms with E-state index in [2.05, 4.69) is 0 Å². The Morgan fingerprint density at radius 1 is 1.58 bits per heavy atom. The molecule has 0 aromatic heterocycles. The molecule has 4 atom stereocenters. The number of aliphatic hydroxyl groups excluding tert-OH is 1. The van der Waals surface area contributed by atoms with Crippen molar-refractivity contribution in [2.24, 2.45) is 11.8 Å². The first-order valence-corrected chi connectivity index (χ1v) is 7.00. The summed E-state index contributed by atoms with van der Waals surface area (Å²) < 4.78 is 4.96. The minimum atomic E-state index is -1.11. The van der Waals surface area contributed by atoms with E-state index in [0.717, 1.165) is 0 Å². The fourth-order valence-corrected chi connectivity index (χ4v) is 3.81. The van der Waals surface area contributed by atoms with E-state index in [-0.39, 0.29) is 23.6 Å². The van der Waals surface area contributed by atoms with Gasteiger partial charge in [0.15, 0.2) is 0 Å². The average Bonchev–Trinajstić information content (AvgIpc) is 2.56. The molecule has 0 aromatic carbocycles. The van der Waals surface area contributed by atoms with E-state index < -0.39 is 18.0 Å². The number of carboxylic acid groups (broad SMARTS) is 1. The number of hydrogen-bond acceptors (Lipinski definition) is 5. The third kappa shape index (κ3) is 2.05. The molecule has 0 aromatic rings. The molecule has 0 bridgehead atoms. The molecule has 6 nitrogen and oxygen atoms in total. The number of thioether (sulfide) groups is 1. The van der Waals surface area contributed by atoms with Crippen LogP contribution in [0.5, 0.6) is 0 Å². The van der Waals surface area contributed by atoms with E-state index in [1.165, 1.54) is 23.8 Å². The fourth-order valence-electron chi connectivity index (χ4n) is 2.84. The van der Waals surface area contributed by atoms with Crippen molar-refractivity contribution in [2.75, 3.05) is 13.0 Å². The summed E-state index contributed by atoms with van der Waals surface area (Å²) in [5.41, 5.74) is 0.0430. The molecule has 0 spiro atoms. The number of carbonyl (C=O) groups is 2. The van der Waals surface area contributed by atoms with Crippen LogP contribution in [0.2, 0.25) is 0 Å². The van der Waals surface area contributed by atoms with Gasteiger partial charge >= 0.3 is 5.97 Å². The molecule has 2 aliphatic rings. The number of fused-ring (bicyclic) bond motifs is 1. The van der Waals surface area contributed by atoms with Crippen molar-refractivity contribution in [1.29, 1.82) is 0 Å². The normalized spacial score (nSPS) is 31.3. The van der Waals surface area contributed by atoms with Gasteiger partial charge in [-0.25, -0.2) is 4.79 Å². The van der Waals surface area contributed by atoms with Gasteiger partial charge in [-0.05, 0) is 6.92 Å². The van der Waals surface area contributed by atoms with E-state index >= 15 is 0 Å².